The minimum atomic E-state index is 0.00258. The second kappa shape index (κ2) is 8.03. The normalized spacial score (nSPS) is 10.8. The Labute approximate surface area is 152 Å². The number of benzene rings is 2. The molecule has 0 unspecified atom stereocenters. The molecular weight excluding hydrogens is 330 g/mol. The van der Waals surface area contributed by atoms with Crippen molar-refractivity contribution in [3.8, 4) is 0 Å². The first kappa shape index (κ1) is 17.3. The highest BCUT2D eigenvalue weighted by atomic mass is 32.2. The molecule has 1 N–H and O–H groups in total. The predicted octanol–water partition coefficient (Wildman–Crippen LogP) is 3.94. The van der Waals surface area contributed by atoms with Crippen molar-refractivity contribution in [1.29, 1.82) is 0 Å². The fourth-order valence-corrected chi connectivity index (χ4v) is 3.41. The van der Waals surface area contributed by atoms with Crippen LogP contribution in [0.25, 0.3) is 11.0 Å². The van der Waals surface area contributed by atoms with Crippen LogP contribution in [0.5, 0.6) is 0 Å². The molecule has 0 aliphatic heterocycles. The van der Waals surface area contributed by atoms with E-state index in [1.54, 1.807) is 0 Å². The van der Waals surface area contributed by atoms with Gasteiger partial charge in [-0.2, -0.15) is 0 Å². The zero-order chi connectivity index (χ0) is 17.6. The van der Waals surface area contributed by atoms with Crippen LogP contribution < -0.4 is 5.32 Å². The van der Waals surface area contributed by atoms with Crippen molar-refractivity contribution in [2.24, 2.45) is 0 Å². The van der Waals surface area contributed by atoms with E-state index < -0.39 is 0 Å². The summed E-state index contributed by atoms with van der Waals surface area (Å²) in [5.41, 5.74) is 4.31. The summed E-state index contributed by atoms with van der Waals surface area (Å²) in [6.45, 7) is 7.08. The van der Waals surface area contributed by atoms with Crippen LogP contribution in [0, 0.1) is 6.92 Å². The van der Waals surface area contributed by atoms with Crippen LogP contribution in [0.15, 0.2) is 66.3 Å². The van der Waals surface area contributed by atoms with Gasteiger partial charge in [-0.05, 0) is 24.6 Å². The first-order valence-corrected chi connectivity index (χ1v) is 9.17. The van der Waals surface area contributed by atoms with Crippen molar-refractivity contribution in [1.82, 2.24) is 14.9 Å². The van der Waals surface area contributed by atoms with Gasteiger partial charge in [-0.3, -0.25) is 4.79 Å². The number of nitrogens with zero attached hydrogens (tertiary/aromatic N) is 2. The zero-order valence-electron chi connectivity index (χ0n) is 14.2. The van der Waals surface area contributed by atoms with E-state index in [1.807, 2.05) is 61.5 Å². The number of thioether (sulfide) groups is 1. The third kappa shape index (κ3) is 4.31. The second-order valence-electron chi connectivity index (χ2n) is 5.83. The molecule has 3 aromatic rings. The van der Waals surface area contributed by atoms with Crippen molar-refractivity contribution < 1.29 is 4.79 Å². The Kier molecular flexibility index (Phi) is 5.56. The summed E-state index contributed by atoms with van der Waals surface area (Å²) >= 11 is 1.45. The molecule has 0 aliphatic rings. The molecule has 0 atom stereocenters. The lowest BCUT2D eigenvalue weighted by atomic mass is 10.1. The Balaban J connectivity index is 1.61. The first-order chi connectivity index (χ1) is 12.2. The summed E-state index contributed by atoms with van der Waals surface area (Å²) in [5, 5.41) is 3.80. The average molecular weight is 351 g/mol. The van der Waals surface area contributed by atoms with Gasteiger partial charge in [0.2, 0.25) is 5.91 Å². The summed E-state index contributed by atoms with van der Waals surface area (Å²) in [4.78, 5) is 16.8. The first-order valence-electron chi connectivity index (χ1n) is 8.18. The third-order valence-electron chi connectivity index (χ3n) is 3.87. The van der Waals surface area contributed by atoms with Crippen molar-refractivity contribution in [2.75, 3.05) is 5.75 Å². The van der Waals surface area contributed by atoms with Crippen LogP contribution in [-0.2, 0) is 17.9 Å². The molecule has 0 bridgehead atoms. The molecule has 4 nitrogen and oxygen atoms in total. The molecule has 0 fully saturated rings. The molecule has 0 radical (unpaired) electrons. The van der Waals surface area contributed by atoms with Gasteiger partial charge in [-0.25, -0.2) is 4.98 Å². The number of amides is 1. The van der Waals surface area contributed by atoms with Crippen molar-refractivity contribution in [3.63, 3.8) is 0 Å². The quantitative estimate of drug-likeness (QED) is 0.518. The maximum atomic E-state index is 12.2. The van der Waals surface area contributed by atoms with Gasteiger partial charge in [0, 0.05) is 13.1 Å². The SMILES string of the molecule is C=CCn1c(SCC(=O)NCc2ccc(C)cc2)nc2ccccc21. The van der Waals surface area contributed by atoms with Crippen LogP contribution in [0.3, 0.4) is 0 Å². The molecule has 128 valence electrons. The predicted molar refractivity (Wildman–Crippen MR) is 104 cm³/mol. The number of hydrogen-bond donors (Lipinski definition) is 1. The monoisotopic (exact) mass is 351 g/mol. The minimum absolute atomic E-state index is 0.00258. The van der Waals surface area contributed by atoms with E-state index in [-0.39, 0.29) is 5.91 Å². The summed E-state index contributed by atoms with van der Waals surface area (Å²) in [6.07, 6.45) is 1.84. The van der Waals surface area contributed by atoms with Crippen molar-refractivity contribution in [3.05, 3.63) is 72.3 Å². The number of imidazole rings is 1. The van der Waals surface area contributed by atoms with Crippen LogP contribution in [0.2, 0.25) is 0 Å². The van der Waals surface area contributed by atoms with Crippen LogP contribution in [-0.4, -0.2) is 21.2 Å². The molecule has 1 amide bonds. The van der Waals surface area contributed by atoms with Gasteiger partial charge in [-0.15, -0.1) is 6.58 Å². The number of aryl methyl sites for hydroxylation is 1. The summed E-state index contributed by atoms with van der Waals surface area (Å²) < 4.78 is 2.08. The number of hydrogen-bond acceptors (Lipinski definition) is 3. The van der Waals surface area contributed by atoms with E-state index in [0.717, 1.165) is 21.8 Å². The van der Waals surface area contributed by atoms with Gasteiger partial charge >= 0.3 is 0 Å². The lowest BCUT2D eigenvalue weighted by molar-refractivity contribution is -0.118. The number of carbonyl (C=O) groups excluding carboxylic acids is 1. The molecule has 2 aromatic carbocycles. The van der Waals surface area contributed by atoms with E-state index in [4.69, 9.17) is 0 Å². The van der Waals surface area contributed by atoms with Gasteiger partial charge in [0.25, 0.3) is 0 Å². The summed E-state index contributed by atoms with van der Waals surface area (Å²) in [7, 11) is 0. The number of fused-ring (bicyclic) bond motifs is 1. The smallest absolute Gasteiger partial charge is 0.230 e. The molecule has 0 aliphatic carbocycles. The largest absolute Gasteiger partial charge is 0.351 e. The molecule has 1 aromatic heterocycles. The fourth-order valence-electron chi connectivity index (χ4n) is 2.56. The van der Waals surface area contributed by atoms with Gasteiger partial charge < -0.3 is 9.88 Å². The maximum Gasteiger partial charge on any atom is 0.230 e. The van der Waals surface area contributed by atoms with Gasteiger partial charge in [-0.1, -0.05) is 59.8 Å². The molecule has 0 saturated heterocycles. The highest BCUT2D eigenvalue weighted by molar-refractivity contribution is 7.99. The molecule has 3 rings (SSSR count). The van der Waals surface area contributed by atoms with E-state index in [2.05, 4.69) is 21.4 Å². The Hall–Kier alpha value is -2.53. The Bertz CT molecular complexity index is 884. The summed E-state index contributed by atoms with van der Waals surface area (Å²) in [6, 6.07) is 16.1. The zero-order valence-corrected chi connectivity index (χ0v) is 15.1. The van der Waals surface area contributed by atoms with Gasteiger partial charge in [0.05, 0.1) is 16.8 Å². The lowest BCUT2D eigenvalue weighted by Crippen LogP contribution is -2.24. The standard InChI is InChI=1S/C20H21N3OS/c1-3-12-23-18-7-5-4-6-17(18)22-20(23)25-14-19(24)21-13-16-10-8-15(2)9-11-16/h3-11H,1,12-14H2,2H3,(H,21,24). The van der Waals surface area contributed by atoms with E-state index >= 15 is 0 Å². The van der Waals surface area contributed by atoms with Gasteiger partial charge in [0.1, 0.15) is 0 Å². The lowest BCUT2D eigenvalue weighted by Gasteiger charge is -2.07. The van der Waals surface area contributed by atoms with Crippen LogP contribution in [0.4, 0.5) is 0 Å². The number of para-hydroxylation sites is 2. The Morgan fingerprint density at radius 2 is 2.00 bits per heavy atom. The molecular formula is C20H21N3OS. The number of carbonyl (C=O) groups is 1. The Morgan fingerprint density at radius 3 is 2.76 bits per heavy atom. The van der Waals surface area contributed by atoms with Gasteiger partial charge in [0.15, 0.2) is 5.16 Å². The highest BCUT2D eigenvalue weighted by Crippen LogP contribution is 2.24. The Morgan fingerprint density at radius 1 is 1.24 bits per heavy atom. The van der Waals surface area contributed by atoms with Crippen LogP contribution in [0.1, 0.15) is 11.1 Å². The van der Waals surface area contributed by atoms with Crippen molar-refractivity contribution in [2.45, 2.75) is 25.2 Å². The molecule has 5 heteroatoms. The van der Waals surface area contributed by atoms with Crippen LogP contribution >= 0.6 is 11.8 Å². The van der Waals surface area contributed by atoms with E-state index in [0.29, 0.717) is 18.8 Å². The molecule has 0 saturated carbocycles. The maximum absolute atomic E-state index is 12.2. The van der Waals surface area contributed by atoms with E-state index in [1.165, 1.54) is 17.3 Å². The molecule has 25 heavy (non-hydrogen) atoms. The number of aromatic nitrogens is 2. The third-order valence-corrected chi connectivity index (χ3v) is 4.85. The number of rotatable bonds is 7. The highest BCUT2D eigenvalue weighted by Gasteiger charge is 2.12. The topological polar surface area (TPSA) is 46.9 Å². The second-order valence-corrected chi connectivity index (χ2v) is 6.78. The van der Waals surface area contributed by atoms with Crippen molar-refractivity contribution >= 4 is 28.7 Å². The summed E-state index contributed by atoms with van der Waals surface area (Å²) in [5.74, 6) is 0.342. The fraction of sp³-hybridized carbons (Fsp3) is 0.200. The minimum Gasteiger partial charge on any atom is -0.351 e. The molecule has 1 heterocycles. The average Bonchev–Trinajstić information content (AvgIpc) is 2.98. The number of allylic oxidation sites excluding steroid dienone is 1. The van der Waals surface area contributed by atoms with E-state index in [9.17, 15) is 4.79 Å². The molecule has 0 spiro atoms. The number of nitrogens with one attached hydrogen (secondary N) is 1.